The maximum Gasteiger partial charge on any atom is 0.490 e. The van der Waals surface area contributed by atoms with Gasteiger partial charge in [-0.15, -0.1) is 0 Å². The number of hydrogen-bond donors (Lipinski definition) is 1. The van der Waals surface area contributed by atoms with Gasteiger partial charge in [0, 0.05) is 39.1 Å². The Morgan fingerprint density at radius 2 is 2.04 bits per heavy atom. The van der Waals surface area contributed by atoms with Crippen LogP contribution in [-0.4, -0.2) is 71.8 Å². The molecule has 1 N–H and O–H groups in total. The Kier molecular flexibility index (Phi) is 7.48. The van der Waals surface area contributed by atoms with Gasteiger partial charge in [-0.1, -0.05) is 6.92 Å². The van der Waals surface area contributed by atoms with Crippen LogP contribution in [0.15, 0.2) is 22.8 Å². The standard InChI is InChI=1S/C16H24N2O3.C2HF3O2/c1-3-16(19)18-7-6-15(20-2)13-10-17(11-14(13)18)9-12-5-4-8-21-12;3-2(4,5)1(6)7/h4-5,8,13-15H,3,6-7,9-11H2,1-2H3;(H,6,7)/t13-,14+,15-;/m0./s1. The van der Waals surface area contributed by atoms with Crippen molar-refractivity contribution >= 4 is 11.9 Å². The summed E-state index contributed by atoms with van der Waals surface area (Å²) in [6, 6.07) is 4.21. The van der Waals surface area contributed by atoms with Gasteiger partial charge in [-0.25, -0.2) is 4.79 Å². The third-order valence-corrected chi connectivity index (χ3v) is 5.07. The van der Waals surface area contributed by atoms with Gasteiger partial charge >= 0.3 is 12.1 Å². The molecule has 0 radical (unpaired) electrons. The minimum Gasteiger partial charge on any atom is -0.475 e. The third-order valence-electron chi connectivity index (χ3n) is 5.07. The van der Waals surface area contributed by atoms with E-state index in [4.69, 9.17) is 19.1 Å². The lowest BCUT2D eigenvalue weighted by atomic mass is 9.89. The van der Waals surface area contributed by atoms with Gasteiger partial charge in [0.1, 0.15) is 5.76 Å². The van der Waals surface area contributed by atoms with E-state index in [1.54, 1.807) is 13.4 Å². The number of rotatable bonds is 4. The number of hydrogen-bond acceptors (Lipinski definition) is 5. The fourth-order valence-electron chi connectivity index (χ4n) is 3.79. The molecule has 1 aromatic rings. The largest absolute Gasteiger partial charge is 0.490 e. The van der Waals surface area contributed by atoms with E-state index in [9.17, 15) is 18.0 Å². The minimum absolute atomic E-state index is 0.262. The second-order valence-electron chi connectivity index (χ2n) is 6.81. The summed E-state index contributed by atoms with van der Waals surface area (Å²) in [6.45, 7) is 5.45. The highest BCUT2D eigenvalue weighted by atomic mass is 19.4. The van der Waals surface area contributed by atoms with Crippen molar-refractivity contribution in [2.45, 2.75) is 44.6 Å². The molecule has 1 aromatic heterocycles. The second kappa shape index (κ2) is 9.42. The lowest BCUT2D eigenvalue weighted by Crippen LogP contribution is -2.53. The molecule has 7 nitrogen and oxygen atoms in total. The average Bonchev–Trinajstić information content (AvgIpc) is 3.29. The highest BCUT2D eigenvalue weighted by Crippen LogP contribution is 2.33. The van der Waals surface area contributed by atoms with E-state index in [-0.39, 0.29) is 18.1 Å². The molecule has 2 fully saturated rings. The predicted molar refractivity (Wildman–Crippen MR) is 92.4 cm³/mol. The number of nitrogens with zero attached hydrogens (tertiary/aromatic N) is 2. The summed E-state index contributed by atoms with van der Waals surface area (Å²) in [4.78, 5) is 25.5. The summed E-state index contributed by atoms with van der Waals surface area (Å²) in [5, 5.41) is 7.12. The van der Waals surface area contributed by atoms with Crippen molar-refractivity contribution in [1.29, 1.82) is 0 Å². The van der Waals surface area contributed by atoms with Crippen LogP contribution in [0.1, 0.15) is 25.5 Å². The number of alkyl halides is 3. The first-order valence-electron chi connectivity index (χ1n) is 9.04. The number of halogens is 3. The number of fused-ring (bicyclic) bond motifs is 1. The van der Waals surface area contributed by atoms with Gasteiger partial charge in [0.25, 0.3) is 0 Å². The molecule has 3 rings (SSSR count). The van der Waals surface area contributed by atoms with Crippen LogP contribution in [0.2, 0.25) is 0 Å². The molecule has 28 heavy (non-hydrogen) atoms. The van der Waals surface area contributed by atoms with Gasteiger partial charge in [-0.2, -0.15) is 13.2 Å². The van der Waals surface area contributed by atoms with Crippen molar-refractivity contribution in [2.24, 2.45) is 5.92 Å². The Bertz CT molecular complexity index is 650. The van der Waals surface area contributed by atoms with Gasteiger partial charge in [0.05, 0.1) is 25.0 Å². The first kappa shape index (κ1) is 22.2. The average molecular weight is 406 g/mol. The molecule has 10 heteroatoms. The van der Waals surface area contributed by atoms with E-state index in [0.717, 1.165) is 38.4 Å². The highest BCUT2D eigenvalue weighted by Gasteiger charge is 2.45. The number of carbonyl (C=O) groups is 2. The van der Waals surface area contributed by atoms with Crippen LogP contribution in [0.5, 0.6) is 0 Å². The van der Waals surface area contributed by atoms with Crippen LogP contribution in [0, 0.1) is 5.92 Å². The number of ether oxygens (including phenoxy) is 1. The summed E-state index contributed by atoms with van der Waals surface area (Å²) in [5.74, 6) is -1.10. The number of carbonyl (C=O) groups excluding carboxylic acids is 1. The molecule has 0 aliphatic carbocycles. The predicted octanol–water partition coefficient (Wildman–Crippen LogP) is 2.37. The summed E-state index contributed by atoms with van der Waals surface area (Å²) >= 11 is 0. The molecule has 0 bridgehead atoms. The van der Waals surface area contributed by atoms with Crippen LogP contribution >= 0.6 is 0 Å². The Labute approximate surface area is 161 Å². The minimum atomic E-state index is -5.08. The number of furan rings is 1. The molecule has 0 saturated carbocycles. The molecule has 3 atom stereocenters. The molecule has 0 spiro atoms. The summed E-state index contributed by atoms with van der Waals surface area (Å²) in [7, 11) is 1.79. The number of aliphatic carboxylic acids is 1. The number of carboxylic acids is 1. The summed E-state index contributed by atoms with van der Waals surface area (Å²) < 4.78 is 42.8. The van der Waals surface area contributed by atoms with Crippen LogP contribution in [-0.2, 0) is 20.9 Å². The van der Waals surface area contributed by atoms with E-state index in [1.807, 2.05) is 19.1 Å². The molecular formula is C18H25F3N2O5. The van der Waals surface area contributed by atoms with Crippen molar-refractivity contribution < 1.29 is 37.0 Å². The monoisotopic (exact) mass is 406 g/mol. The molecule has 2 saturated heterocycles. The topological polar surface area (TPSA) is 83.2 Å². The van der Waals surface area contributed by atoms with Crippen LogP contribution in [0.4, 0.5) is 13.2 Å². The first-order valence-corrected chi connectivity index (χ1v) is 9.04. The molecule has 2 aliphatic rings. The highest BCUT2D eigenvalue weighted by molar-refractivity contribution is 5.76. The van der Waals surface area contributed by atoms with Crippen molar-refractivity contribution in [3.8, 4) is 0 Å². The Balaban J connectivity index is 0.000000345. The molecule has 0 aromatic carbocycles. The normalized spacial score (nSPS) is 25.0. The lowest BCUT2D eigenvalue weighted by molar-refractivity contribution is -0.192. The lowest BCUT2D eigenvalue weighted by Gasteiger charge is -2.41. The molecule has 3 heterocycles. The fraction of sp³-hybridized carbons (Fsp3) is 0.667. The Morgan fingerprint density at radius 3 is 2.54 bits per heavy atom. The SMILES string of the molecule is CCC(=O)N1CC[C@H](OC)[C@H]2CN(Cc3ccco3)C[C@H]21.O=C(O)C(F)(F)F. The number of carboxylic acid groups (broad SMARTS) is 1. The fourth-order valence-corrected chi connectivity index (χ4v) is 3.79. The van der Waals surface area contributed by atoms with Gasteiger partial charge in [0.2, 0.25) is 5.91 Å². The molecular weight excluding hydrogens is 381 g/mol. The molecule has 2 aliphatic heterocycles. The van der Waals surface area contributed by atoms with Crippen LogP contribution in [0.25, 0.3) is 0 Å². The van der Waals surface area contributed by atoms with E-state index in [2.05, 4.69) is 9.80 Å². The van der Waals surface area contributed by atoms with Gasteiger partial charge in [-0.3, -0.25) is 9.69 Å². The number of amides is 1. The molecule has 1 amide bonds. The zero-order valence-electron chi connectivity index (χ0n) is 15.8. The summed E-state index contributed by atoms with van der Waals surface area (Å²) in [6.07, 6.45) is -1.59. The smallest absolute Gasteiger partial charge is 0.475 e. The zero-order valence-corrected chi connectivity index (χ0v) is 15.8. The van der Waals surface area contributed by atoms with Crippen LogP contribution in [0.3, 0.4) is 0 Å². The van der Waals surface area contributed by atoms with Gasteiger partial charge in [-0.05, 0) is 18.6 Å². The third kappa shape index (κ3) is 5.48. The quantitative estimate of drug-likeness (QED) is 0.827. The number of piperidine rings is 1. The van der Waals surface area contributed by atoms with Gasteiger partial charge < -0.3 is 19.2 Å². The maximum absolute atomic E-state index is 12.2. The van der Waals surface area contributed by atoms with E-state index >= 15 is 0 Å². The maximum atomic E-state index is 12.2. The van der Waals surface area contributed by atoms with Crippen LogP contribution < -0.4 is 0 Å². The molecule has 158 valence electrons. The Morgan fingerprint density at radius 1 is 1.36 bits per heavy atom. The van der Waals surface area contributed by atoms with E-state index in [0.29, 0.717) is 12.3 Å². The molecule has 0 unspecified atom stereocenters. The second-order valence-corrected chi connectivity index (χ2v) is 6.81. The van der Waals surface area contributed by atoms with E-state index < -0.39 is 12.1 Å². The van der Waals surface area contributed by atoms with Crippen molar-refractivity contribution in [3.63, 3.8) is 0 Å². The van der Waals surface area contributed by atoms with Crippen molar-refractivity contribution in [1.82, 2.24) is 9.80 Å². The first-order chi connectivity index (χ1) is 13.2. The Hall–Kier alpha value is -2.07. The summed E-state index contributed by atoms with van der Waals surface area (Å²) in [5.41, 5.74) is 0. The van der Waals surface area contributed by atoms with Crippen molar-refractivity contribution in [2.75, 3.05) is 26.7 Å². The van der Waals surface area contributed by atoms with Gasteiger partial charge in [0.15, 0.2) is 0 Å². The van der Waals surface area contributed by atoms with E-state index in [1.165, 1.54) is 0 Å². The zero-order chi connectivity index (χ0) is 20.9. The number of methoxy groups -OCH3 is 1. The number of likely N-dealkylation sites (tertiary alicyclic amines) is 2. The van der Waals surface area contributed by atoms with Crippen molar-refractivity contribution in [3.05, 3.63) is 24.2 Å².